The van der Waals surface area contributed by atoms with E-state index in [-0.39, 0.29) is 5.63 Å². The predicted octanol–water partition coefficient (Wildman–Crippen LogP) is 1.29. The number of hydrogen-bond acceptors (Lipinski definition) is 6. The minimum Gasteiger partial charge on any atom is -0.464 e. The van der Waals surface area contributed by atoms with E-state index in [9.17, 15) is 4.79 Å². The van der Waals surface area contributed by atoms with Crippen molar-refractivity contribution in [2.45, 2.75) is 0 Å². The third kappa shape index (κ3) is 2.34. The summed E-state index contributed by atoms with van der Waals surface area (Å²) in [7, 11) is 0. The van der Waals surface area contributed by atoms with Crippen LogP contribution in [-0.4, -0.2) is 0 Å². The summed E-state index contributed by atoms with van der Waals surface area (Å²) in [5.41, 5.74) is 0.940. The summed E-state index contributed by atoms with van der Waals surface area (Å²) < 4.78 is 10.2. The maximum Gasteiger partial charge on any atom is 0.336 e. The van der Waals surface area contributed by atoms with Crippen LogP contribution in [0.1, 0.15) is 0 Å². The van der Waals surface area contributed by atoms with E-state index in [2.05, 4.69) is 16.7 Å². The quantitative estimate of drug-likeness (QED) is 0.448. The Labute approximate surface area is 95.3 Å². The molecular weight excluding hydrogens is 224 g/mol. The molecule has 17 heavy (non-hydrogen) atoms. The van der Waals surface area contributed by atoms with Crippen molar-refractivity contribution >= 4 is 21.9 Å². The van der Waals surface area contributed by atoms with E-state index < -0.39 is 0 Å². The molecule has 6 heteroatoms. The second-order valence-corrected chi connectivity index (χ2v) is 3.24. The van der Waals surface area contributed by atoms with Crippen molar-refractivity contribution in [3.05, 3.63) is 47.0 Å². The Morgan fingerprint density at radius 2 is 1.71 bits per heavy atom. The lowest BCUT2D eigenvalue weighted by Crippen LogP contribution is -2.03. The zero-order valence-electron chi connectivity index (χ0n) is 8.75. The van der Waals surface area contributed by atoms with Crippen LogP contribution >= 0.6 is 0 Å². The minimum atomic E-state index is -0.344. The van der Waals surface area contributed by atoms with Crippen LogP contribution in [0.15, 0.2) is 50.2 Å². The number of hydrogen-bond donors (Lipinski definition) is 2. The molecule has 0 atom stereocenters. The SMILES string of the molecule is NON.O=c1ccc2cc3ccoc3cc2o1. The topological polar surface area (TPSA) is 105 Å². The van der Waals surface area contributed by atoms with Crippen LogP contribution in [0.2, 0.25) is 0 Å². The summed E-state index contributed by atoms with van der Waals surface area (Å²) >= 11 is 0. The van der Waals surface area contributed by atoms with Crippen molar-refractivity contribution in [3.8, 4) is 0 Å². The van der Waals surface area contributed by atoms with Crippen LogP contribution in [0.5, 0.6) is 0 Å². The summed E-state index contributed by atoms with van der Waals surface area (Å²) in [6.07, 6.45) is 1.61. The molecule has 0 amide bonds. The number of benzene rings is 1. The highest BCUT2D eigenvalue weighted by molar-refractivity contribution is 5.92. The highest BCUT2D eigenvalue weighted by Gasteiger charge is 2.01. The van der Waals surface area contributed by atoms with E-state index in [1.165, 1.54) is 6.07 Å². The summed E-state index contributed by atoms with van der Waals surface area (Å²) in [6, 6.07) is 8.69. The molecule has 0 radical (unpaired) electrons. The van der Waals surface area contributed by atoms with Gasteiger partial charge in [0.2, 0.25) is 0 Å². The van der Waals surface area contributed by atoms with Crippen molar-refractivity contribution in [3.63, 3.8) is 0 Å². The third-order valence-electron chi connectivity index (χ3n) is 2.19. The second kappa shape index (κ2) is 4.79. The summed E-state index contributed by atoms with van der Waals surface area (Å²) in [5, 5.41) is 1.91. The number of fused-ring (bicyclic) bond motifs is 2. The van der Waals surface area contributed by atoms with Crippen LogP contribution in [0, 0.1) is 0 Å². The van der Waals surface area contributed by atoms with Gasteiger partial charge in [-0.3, -0.25) is 0 Å². The number of nitrogens with two attached hydrogens (primary N) is 2. The first-order valence-electron chi connectivity index (χ1n) is 4.71. The van der Waals surface area contributed by atoms with E-state index in [4.69, 9.17) is 8.83 Å². The standard InChI is InChI=1S/C11H6O3.H4N2O/c12-11-2-1-7-5-8-3-4-13-9(8)6-10(7)14-11;1-3-2/h1-6H;1-2H2. The highest BCUT2D eigenvalue weighted by Crippen LogP contribution is 2.22. The van der Waals surface area contributed by atoms with E-state index in [1.54, 1.807) is 18.4 Å². The highest BCUT2D eigenvalue weighted by atomic mass is 16.7. The Hall–Kier alpha value is -2.15. The monoisotopic (exact) mass is 234 g/mol. The molecule has 3 aromatic rings. The second-order valence-electron chi connectivity index (χ2n) is 3.24. The normalized spacial score (nSPS) is 10.2. The minimum absolute atomic E-state index is 0.344. The maximum absolute atomic E-state index is 11.0. The molecule has 0 aliphatic carbocycles. The van der Waals surface area contributed by atoms with Crippen molar-refractivity contribution in [2.24, 2.45) is 11.8 Å². The van der Waals surface area contributed by atoms with Crippen molar-refractivity contribution in [2.75, 3.05) is 0 Å². The fourth-order valence-corrected chi connectivity index (χ4v) is 1.53. The molecule has 2 heterocycles. The molecule has 0 saturated carbocycles. The van der Waals surface area contributed by atoms with Gasteiger partial charge in [-0.25, -0.2) is 9.73 Å². The molecule has 0 aliphatic rings. The van der Waals surface area contributed by atoms with Crippen LogP contribution < -0.4 is 17.4 Å². The number of rotatable bonds is 0. The Bertz CT molecular complexity index is 686. The first kappa shape index (κ1) is 11.3. The van der Waals surface area contributed by atoms with Crippen LogP contribution in [0.3, 0.4) is 0 Å². The van der Waals surface area contributed by atoms with Gasteiger partial charge in [0.25, 0.3) is 0 Å². The number of furan rings is 1. The molecule has 0 fully saturated rings. The molecule has 0 spiro atoms. The van der Waals surface area contributed by atoms with Gasteiger partial charge in [0.15, 0.2) is 0 Å². The average molecular weight is 234 g/mol. The fraction of sp³-hybridized carbons (Fsp3) is 0. The molecule has 0 bridgehead atoms. The van der Waals surface area contributed by atoms with Gasteiger partial charge in [0.05, 0.1) is 6.26 Å². The maximum atomic E-state index is 11.0. The largest absolute Gasteiger partial charge is 0.464 e. The van der Waals surface area contributed by atoms with Gasteiger partial charge in [-0.1, -0.05) is 0 Å². The van der Waals surface area contributed by atoms with Gasteiger partial charge in [-0.15, -0.1) is 0 Å². The van der Waals surface area contributed by atoms with Gasteiger partial charge < -0.3 is 8.83 Å². The van der Waals surface area contributed by atoms with Gasteiger partial charge in [-0.2, -0.15) is 11.8 Å². The molecule has 0 unspecified atom stereocenters. The summed E-state index contributed by atoms with van der Waals surface area (Å²) in [4.78, 5) is 14.2. The van der Waals surface area contributed by atoms with E-state index >= 15 is 0 Å². The predicted molar refractivity (Wildman–Crippen MR) is 61.7 cm³/mol. The van der Waals surface area contributed by atoms with Crippen molar-refractivity contribution < 1.29 is 13.8 Å². The average Bonchev–Trinajstić information content (AvgIpc) is 2.74. The fourth-order valence-electron chi connectivity index (χ4n) is 1.53. The lowest BCUT2D eigenvalue weighted by molar-refractivity contribution is 0.142. The Morgan fingerprint density at radius 3 is 2.47 bits per heavy atom. The van der Waals surface area contributed by atoms with Gasteiger partial charge >= 0.3 is 5.63 Å². The smallest absolute Gasteiger partial charge is 0.336 e. The molecule has 2 aromatic heterocycles. The van der Waals surface area contributed by atoms with Gasteiger partial charge in [-0.05, 0) is 18.2 Å². The third-order valence-corrected chi connectivity index (χ3v) is 2.19. The molecule has 1 aromatic carbocycles. The molecule has 0 saturated heterocycles. The van der Waals surface area contributed by atoms with Gasteiger partial charge in [0, 0.05) is 22.9 Å². The van der Waals surface area contributed by atoms with E-state index in [0.29, 0.717) is 5.58 Å². The molecular formula is C11H10N2O4. The lowest BCUT2D eigenvalue weighted by Gasteiger charge is -1.94. The van der Waals surface area contributed by atoms with E-state index in [1.807, 2.05) is 12.1 Å². The van der Waals surface area contributed by atoms with Crippen LogP contribution in [-0.2, 0) is 4.94 Å². The molecule has 0 aliphatic heterocycles. The Morgan fingerprint density at radius 1 is 1.00 bits per heavy atom. The Balaban J connectivity index is 0.000000329. The lowest BCUT2D eigenvalue weighted by atomic mass is 10.2. The molecule has 3 rings (SSSR count). The molecule has 88 valence electrons. The zero-order chi connectivity index (χ0) is 12.3. The van der Waals surface area contributed by atoms with Gasteiger partial charge in [0.1, 0.15) is 11.2 Å². The van der Waals surface area contributed by atoms with Crippen LogP contribution in [0.25, 0.3) is 21.9 Å². The zero-order valence-corrected chi connectivity index (χ0v) is 8.75. The van der Waals surface area contributed by atoms with Crippen molar-refractivity contribution in [1.29, 1.82) is 0 Å². The summed E-state index contributed by atoms with van der Waals surface area (Å²) in [6.45, 7) is 0. The summed E-state index contributed by atoms with van der Waals surface area (Å²) in [5.74, 6) is 8.25. The first-order chi connectivity index (χ1) is 8.24. The molecule has 4 N–H and O–H groups in total. The van der Waals surface area contributed by atoms with Crippen molar-refractivity contribution in [1.82, 2.24) is 0 Å². The van der Waals surface area contributed by atoms with E-state index in [0.717, 1.165) is 16.4 Å². The molecule has 6 nitrogen and oxygen atoms in total. The Kier molecular flexibility index (Phi) is 3.20. The van der Waals surface area contributed by atoms with Crippen LogP contribution in [0.4, 0.5) is 0 Å². The first-order valence-corrected chi connectivity index (χ1v) is 4.71.